The first-order valence-electron chi connectivity index (χ1n) is 23.6. The van der Waals surface area contributed by atoms with Crippen molar-refractivity contribution in [2.24, 2.45) is 17.8 Å². The number of carbonyl (C=O) groups is 3. The highest BCUT2D eigenvalue weighted by Crippen LogP contribution is 2.36. The van der Waals surface area contributed by atoms with Crippen molar-refractivity contribution in [3.8, 4) is 0 Å². The van der Waals surface area contributed by atoms with Crippen LogP contribution in [0.4, 0.5) is 0 Å². The van der Waals surface area contributed by atoms with Gasteiger partial charge in [0.05, 0.1) is 18.8 Å². The summed E-state index contributed by atoms with van der Waals surface area (Å²) in [6, 6.07) is 0. The third kappa shape index (κ3) is 32.5. The maximum Gasteiger partial charge on any atom is 0.469 e. The number of aliphatic hydroxyl groups is 2. The lowest BCUT2D eigenvalue weighted by Crippen LogP contribution is -2.29. The van der Waals surface area contributed by atoms with Gasteiger partial charge in [-0.15, -0.1) is 0 Å². The van der Waals surface area contributed by atoms with Crippen molar-refractivity contribution in [2.45, 2.75) is 225 Å². The van der Waals surface area contributed by atoms with Crippen LogP contribution in [0, 0.1) is 17.8 Å². The van der Waals surface area contributed by atoms with E-state index in [1.165, 1.54) is 96.3 Å². The average Bonchev–Trinajstić information content (AvgIpc) is 3.45. The fourth-order valence-corrected chi connectivity index (χ4v) is 8.02. The van der Waals surface area contributed by atoms with E-state index >= 15 is 0 Å². The largest absolute Gasteiger partial charge is 0.469 e. The van der Waals surface area contributed by atoms with Gasteiger partial charge in [-0.25, -0.2) is 4.57 Å². The zero-order valence-electron chi connectivity index (χ0n) is 37.3. The number of hydrogen-bond acceptors (Lipinski definition) is 9. The zero-order chi connectivity index (χ0) is 43.6. The molecular formula is C47H85O11P. The van der Waals surface area contributed by atoms with E-state index in [0.717, 1.165) is 44.4 Å². The number of aliphatic hydroxyl groups excluding tert-OH is 2. The van der Waals surface area contributed by atoms with Crippen molar-refractivity contribution in [2.75, 3.05) is 13.2 Å². The topological polar surface area (TPSA) is 177 Å². The van der Waals surface area contributed by atoms with Gasteiger partial charge in [0, 0.05) is 31.1 Å². The number of esters is 2. The molecule has 0 aromatic carbocycles. The van der Waals surface area contributed by atoms with Gasteiger partial charge in [-0.3, -0.25) is 18.9 Å². The Morgan fingerprint density at radius 3 is 1.80 bits per heavy atom. The van der Waals surface area contributed by atoms with Gasteiger partial charge < -0.3 is 29.5 Å². The second-order valence-corrected chi connectivity index (χ2v) is 18.6. The standard InChI is InChI=1S/C47H85O11P/c1-4-5-24-30-40(48)34-35-43-42(44(49)36-45(43)50)31-26-22-23-28-33-47(52)58-41(38-57-59(53,54)55)37-56-46(51)32-27-21-19-17-15-13-11-9-7-6-8-10-12-14-16-18-20-25-29-39(2)3/h22,26,34-35,39-43,45,48,50H,4-21,23-25,27-33,36-38H2,1-3H3,(H2,53,54,55)/b26-22-,35-34+/t40-,41+,42+,43+,45+/m0/s1. The molecule has 0 spiro atoms. The molecule has 4 N–H and O–H groups in total. The summed E-state index contributed by atoms with van der Waals surface area (Å²) in [5, 5.41) is 20.6. The number of Topliss-reactive ketones (excluding diaryl/α,β-unsaturated/α-hetero) is 1. The molecule has 0 aromatic rings. The first-order chi connectivity index (χ1) is 28.3. The molecule has 0 radical (unpaired) electrons. The maximum atomic E-state index is 12.5. The highest BCUT2D eigenvalue weighted by Gasteiger charge is 2.39. The van der Waals surface area contributed by atoms with E-state index in [1.807, 2.05) is 12.2 Å². The van der Waals surface area contributed by atoms with E-state index in [2.05, 4.69) is 25.3 Å². The number of rotatable bonds is 39. The minimum absolute atomic E-state index is 0.0132. The number of unbranched alkanes of at least 4 members (excludes halogenated alkanes) is 20. The van der Waals surface area contributed by atoms with E-state index in [0.29, 0.717) is 32.1 Å². The van der Waals surface area contributed by atoms with Crippen LogP contribution in [0.25, 0.3) is 0 Å². The third-order valence-corrected chi connectivity index (χ3v) is 11.8. The number of allylic oxidation sites excluding steroid dienone is 2. The van der Waals surface area contributed by atoms with Crippen LogP contribution in [0.5, 0.6) is 0 Å². The molecule has 0 amide bonds. The molecule has 59 heavy (non-hydrogen) atoms. The highest BCUT2D eigenvalue weighted by atomic mass is 31.2. The molecule has 1 aliphatic carbocycles. The van der Waals surface area contributed by atoms with Gasteiger partial charge >= 0.3 is 19.8 Å². The first kappa shape index (κ1) is 55.1. The molecule has 1 aliphatic rings. The van der Waals surface area contributed by atoms with Gasteiger partial charge in [0.25, 0.3) is 0 Å². The Hall–Kier alpha value is -1.88. The Morgan fingerprint density at radius 2 is 1.25 bits per heavy atom. The van der Waals surface area contributed by atoms with Crippen LogP contribution in [0.1, 0.15) is 207 Å². The molecule has 5 atom stereocenters. The van der Waals surface area contributed by atoms with Gasteiger partial charge in [0.1, 0.15) is 12.4 Å². The second kappa shape index (κ2) is 35.7. The van der Waals surface area contributed by atoms with Crippen LogP contribution in [0.3, 0.4) is 0 Å². The number of ether oxygens (including phenoxy) is 2. The molecule has 12 heteroatoms. The average molecular weight is 857 g/mol. The summed E-state index contributed by atoms with van der Waals surface area (Å²) in [6.07, 6.45) is 34.1. The SMILES string of the molecule is CCCCC[C@H](O)/C=C/[C@H]1[C@H](O)CC(=O)[C@@H]1C/C=C\CCCC(=O)O[C@H](COC(=O)CCCCCCCCCCCCCCCCCCCCC(C)C)COP(=O)(O)O. The van der Waals surface area contributed by atoms with E-state index in [9.17, 15) is 29.2 Å². The summed E-state index contributed by atoms with van der Waals surface area (Å²) in [6.45, 7) is 5.73. The fourth-order valence-electron chi connectivity index (χ4n) is 7.66. The van der Waals surface area contributed by atoms with Gasteiger partial charge in [-0.05, 0) is 38.0 Å². The molecule has 0 saturated heterocycles. The Labute approximate surface area is 358 Å². The molecule has 0 bridgehead atoms. The lowest BCUT2D eigenvalue weighted by molar-refractivity contribution is -0.161. The molecule has 0 heterocycles. The van der Waals surface area contributed by atoms with Gasteiger partial charge in [0.2, 0.25) is 0 Å². The zero-order valence-corrected chi connectivity index (χ0v) is 38.2. The number of hydrogen-bond donors (Lipinski definition) is 4. The predicted octanol–water partition coefficient (Wildman–Crippen LogP) is 11.2. The molecule has 11 nitrogen and oxygen atoms in total. The monoisotopic (exact) mass is 857 g/mol. The Balaban J connectivity index is 2.19. The molecule has 0 unspecified atom stereocenters. The number of ketones is 1. The van der Waals surface area contributed by atoms with Crippen LogP contribution >= 0.6 is 7.82 Å². The second-order valence-electron chi connectivity index (χ2n) is 17.3. The summed E-state index contributed by atoms with van der Waals surface area (Å²) < 4.78 is 26.4. The summed E-state index contributed by atoms with van der Waals surface area (Å²) in [5.41, 5.74) is 0. The van der Waals surface area contributed by atoms with E-state index < -0.39 is 44.7 Å². The van der Waals surface area contributed by atoms with Crippen molar-refractivity contribution in [3.05, 3.63) is 24.3 Å². The van der Waals surface area contributed by atoms with Crippen molar-refractivity contribution in [3.63, 3.8) is 0 Å². The number of phosphoric ester groups is 1. The number of phosphoric acid groups is 1. The lowest BCUT2D eigenvalue weighted by Gasteiger charge is -2.18. The smallest absolute Gasteiger partial charge is 0.462 e. The predicted molar refractivity (Wildman–Crippen MR) is 236 cm³/mol. The highest BCUT2D eigenvalue weighted by molar-refractivity contribution is 7.46. The van der Waals surface area contributed by atoms with Crippen molar-refractivity contribution < 1.29 is 52.9 Å². The third-order valence-electron chi connectivity index (χ3n) is 11.3. The Morgan fingerprint density at radius 1 is 0.729 bits per heavy atom. The van der Waals surface area contributed by atoms with Crippen molar-refractivity contribution in [1.82, 2.24) is 0 Å². The van der Waals surface area contributed by atoms with Crippen LogP contribution in [-0.2, 0) is 32.9 Å². The van der Waals surface area contributed by atoms with E-state index in [4.69, 9.17) is 19.3 Å². The van der Waals surface area contributed by atoms with E-state index in [1.54, 1.807) is 12.2 Å². The summed E-state index contributed by atoms with van der Waals surface area (Å²) in [7, 11) is -4.83. The summed E-state index contributed by atoms with van der Waals surface area (Å²) in [5.74, 6) is -0.979. The fraction of sp³-hybridized carbons (Fsp3) is 0.851. The summed E-state index contributed by atoms with van der Waals surface area (Å²) in [4.78, 5) is 55.7. The minimum atomic E-state index is -4.83. The van der Waals surface area contributed by atoms with Crippen LogP contribution in [0.2, 0.25) is 0 Å². The van der Waals surface area contributed by atoms with Crippen LogP contribution < -0.4 is 0 Å². The summed E-state index contributed by atoms with van der Waals surface area (Å²) >= 11 is 0. The van der Waals surface area contributed by atoms with E-state index in [-0.39, 0.29) is 43.5 Å². The Kier molecular flexibility index (Phi) is 33.4. The number of carbonyl (C=O) groups excluding carboxylic acids is 3. The molecule has 0 aliphatic heterocycles. The van der Waals surface area contributed by atoms with Gasteiger partial charge in [0.15, 0.2) is 6.10 Å². The molecule has 0 aromatic heterocycles. The maximum absolute atomic E-state index is 12.5. The molecule has 1 fully saturated rings. The van der Waals surface area contributed by atoms with Gasteiger partial charge in [-0.2, -0.15) is 0 Å². The molecule has 1 rings (SSSR count). The Bertz CT molecular complexity index is 1180. The van der Waals surface area contributed by atoms with Crippen LogP contribution in [-0.4, -0.2) is 69.2 Å². The van der Waals surface area contributed by atoms with Crippen LogP contribution in [0.15, 0.2) is 24.3 Å². The minimum Gasteiger partial charge on any atom is -0.462 e. The normalized spacial score (nSPS) is 18.4. The molecule has 1 saturated carbocycles. The van der Waals surface area contributed by atoms with Crippen molar-refractivity contribution >= 4 is 25.5 Å². The van der Waals surface area contributed by atoms with Gasteiger partial charge in [-0.1, -0.05) is 180 Å². The van der Waals surface area contributed by atoms with Crippen molar-refractivity contribution in [1.29, 1.82) is 0 Å². The lowest BCUT2D eigenvalue weighted by atomic mass is 9.90. The quantitative estimate of drug-likeness (QED) is 0.0200. The molecule has 344 valence electrons. The molecular weight excluding hydrogens is 771 g/mol. The first-order valence-corrected chi connectivity index (χ1v) is 25.1.